The zero-order valence-electron chi connectivity index (χ0n) is 15.1. The summed E-state index contributed by atoms with van der Waals surface area (Å²) in [6.45, 7) is 7.89. The van der Waals surface area contributed by atoms with Crippen LogP contribution in [0.1, 0.15) is 52.3 Å². The van der Waals surface area contributed by atoms with Crippen LogP contribution in [0.5, 0.6) is 5.75 Å². The van der Waals surface area contributed by atoms with Crippen molar-refractivity contribution in [1.82, 2.24) is 15.4 Å². The third kappa shape index (κ3) is 3.91. The summed E-state index contributed by atoms with van der Waals surface area (Å²) in [5.74, 6) is 1.09. The van der Waals surface area contributed by atoms with Crippen molar-refractivity contribution in [2.45, 2.75) is 40.2 Å². The minimum absolute atomic E-state index is 0.221. The lowest BCUT2D eigenvalue weighted by Gasteiger charge is -2.14. The van der Waals surface area contributed by atoms with E-state index in [0.717, 1.165) is 11.3 Å². The van der Waals surface area contributed by atoms with Crippen LogP contribution < -0.4 is 10.1 Å². The second kappa shape index (κ2) is 7.65. The molecule has 1 amide bonds. The molecular formula is C18H20N4O3S. The van der Waals surface area contributed by atoms with Crippen molar-refractivity contribution in [1.29, 1.82) is 0 Å². The van der Waals surface area contributed by atoms with Crippen LogP contribution >= 0.6 is 11.3 Å². The number of carbonyl (C=O) groups excluding carboxylic acids is 1. The molecule has 0 saturated heterocycles. The van der Waals surface area contributed by atoms with Crippen molar-refractivity contribution >= 4 is 22.4 Å². The highest BCUT2D eigenvalue weighted by molar-refractivity contribution is 7.15. The number of carbonyl (C=O) groups is 1. The maximum Gasteiger partial charge on any atom is 0.279 e. The van der Waals surface area contributed by atoms with Crippen molar-refractivity contribution in [3.05, 3.63) is 51.9 Å². The van der Waals surface area contributed by atoms with Gasteiger partial charge >= 0.3 is 0 Å². The van der Waals surface area contributed by atoms with Gasteiger partial charge in [0.2, 0.25) is 5.13 Å². The third-order valence-electron chi connectivity index (χ3n) is 4.01. The van der Waals surface area contributed by atoms with Gasteiger partial charge < -0.3 is 9.26 Å². The first-order valence-corrected chi connectivity index (χ1v) is 9.12. The molecule has 2 aromatic heterocycles. The van der Waals surface area contributed by atoms with Crippen molar-refractivity contribution in [2.75, 3.05) is 5.32 Å². The van der Waals surface area contributed by atoms with Gasteiger partial charge in [-0.3, -0.25) is 10.1 Å². The average molecular weight is 372 g/mol. The molecule has 0 spiro atoms. The molecule has 0 saturated carbocycles. The Labute approximate surface area is 155 Å². The normalized spacial score (nSPS) is 12.0. The molecule has 1 atom stereocenters. The number of aryl methyl sites for hydroxylation is 2. The van der Waals surface area contributed by atoms with E-state index in [1.54, 1.807) is 6.07 Å². The third-order valence-corrected chi connectivity index (χ3v) is 5.01. The highest BCUT2D eigenvalue weighted by Crippen LogP contribution is 2.29. The number of anilines is 1. The summed E-state index contributed by atoms with van der Waals surface area (Å²) in [6, 6.07) is 7.54. The van der Waals surface area contributed by atoms with Crippen molar-refractivity contribution < 1.29 is 14.1 Å². The monoisotopic (exact) mass is 372 g/mol. The second-order valence-electron chi connectivity index (χ2n) is 5.89. The Hall–Kier alpha value is -2.74. The first kappa shape index (κ1) is 18.1. The Morgan fingerprint density at radius 3 is 2.88 bits per heavy atom. The first-order valence-electron chi connectivity index (χ1n) is 8.31. The van der Waals surface area contributed by atoms with Gasteiger partial charge in [-0.15, -0.1) is 10.2 Å². The van der Waals surface area contributed by atoms with Crippen LogP contribution in [-0.2, 0) is 6.42 Å². The molecule has 0 bridgehead atoms. The van der Waals surface area contributed by atoms with Gasteiger partial charge in [-0.1, -0.05) is 35.5 Å². The lowest BCUT2D eigenvalue weighted by Crippen LogP contribution is -2.11. The van der Waals surface area contributed by atoms with Crippen LogP contribution in [0.3, 0.4) is 0 Å². The number of nitrogens with zero attached hydrogens (tertiary/aromatic N) is 3. The Balaban J connectivity index is 1.67. The van der Waals surface area contributed by atoms with Crippen LogP contribution in [0, 0.1) is 13.8 Å². The number of rotatable bonds is 6. The number of hydrogen-bond donors (Lipinski definition) is 1. The molecule has 0 unspecified atom stereocenters. The van der Waals surface area contributed by atoms with E-state index < -0.39 is 0 Å². The summed E-state index contributed by atoms with van der Waals surface area (Å²) >= 11 is 1.27. The van der Waals surface area contributed by atoms with Crippen LogP contribution in [0.15, 0.2) is 28.8 Å². The Kier molecular flexibility index (Phi) is 5.32. The molecule has 136 valence electrons. The van der Waals surface area contributed by atoms with Gasteiger partial charge in [-0.05, 0) is 38.0 Å². The van der Waals surface area contributed by atoms with E-state index in [2.05, 4.69) is 20.7 Å². The van der Waals surface area contributed by atoms with E-state index in [0.29, 0.717) is 22.3 Å². The predicted octanol–water partition coefficient (Wildman–Crippen LogP) is 4.10. The summed E-state index contributed by atoms with van der Waals surface area (Å²) in [4.78, 5) is 12.2. The van der Waals surface area contributed by atoms with Crippen LogP contribution in [0.25, 0.3) is 0 Å². The standard InChI is InChI=1S/C18H20N4O3S/c1-5-13-9-14(22-25-13)16(23)19-18-21-20-17(26-18)12(4)24-15-8-6-7-10(2)11(15)3/h6-9,12H,5H2,1-4H3,(H,19,21,23)/t12-/m0/s1. The zero-order chi connectivity index (χ0) is 18.7. The molecule has 0 fully saturated rings. The summed E-state index contributed by atoms with van der Waals surface area (Å²) in [7, 11) is 0. The first-order chi connectivity index (χ1) is 12.5. The number of benzene rings is 1. The fraction of sp³-hybridized carbons (Fsp3) is 0.333. The Morgan fingerprint density at radius 2 is 2.15 bits per heavy atom. The topological polar surface area (TPSA) is 90.1 Å². The molecule has 1 N–H and O–H groups in total. The molecule has 26 heavy (non-hydrogen) atoms. The average Bonchev–Trinajstić information content (AvgIpc) is 3.28. The molecule has 0 aliphatic carbocycles. The van der Waals surface area contributed by atoms with E-state index in [4.69, 9.17) is 9.26 Å². The number of aromatic nitrogens is 3. The predicted molar refractivity (Wildman–Crippen MR) is 98.7 cm³/mol. The quantitative estimate of drug-likeness (QED) is 0.701. The zero-order valence-corrected chi connectivity index (χ0v) is 15.9. The smallest absolute Gasteiger partial charge is 0.279 e. The molecule has 3 rings (SSSR count). The Bertz CT molecular complexity index is 919. The molecule has 7 nitrogen and oxygen atoms in total. The Morgan fingerprint density at radius 1 is 1.35 bits per heavy atom. The maximum atomic E-state index is 12.2. The number of ether oxygens (including phenoxy) is 1. The van der Waals surface area contributed by atoms with Gasteiger partial charge in [-0.2, -0.15) is 0 Å². The molecule has 0 aliphatic rings. The molecule has 0 aliphatic heterocycles. The van der Waals surface area contributed by atoms with Crippen LogP contribution in [-0.4, -0.2) is 21.3 Å². The molecule has 8 heteroatoms. The number of amides is 1. The van der Waals surface area contributed by atoms with Crippen LogP contribution in [0.4, 0.5) is 5.13 Å². The van der Waals surface area contributed by atoms with E-state index >= 15 is 0 Å². The van der Waals surface area contributed by atoms with E-state index in [1.165, 1.54) is 16.9 Å². The van der Waals surface area contributed by atoms with Crippen LogP contribution in [0.2, 0.25) is 0 Å². The van der Waals surface area contributed by atoms with Gasteiger partial charge in [0.1, 0.15) is 17.6 Å². The van der Waals surface area contributed by atoms with E-state index in [9.17, 15) is 4.79 Å². The number of nitrogens with one attached hydrogen (secondary N) is 1. The van der Waals surface area contributed by atoms with Crippen molar-refractivity contribution in [2.24, 2.45) is 0 Å². The highest BCUT2D eigenvalue weighted by Gasteiger charge is 2.18. The van der Waals surface area contributed by atoms with E-state index in [1.807, 2.05) is 45.9 Å². The summed E-state index contributed by atoms with van der Waals surface area (Å²) in [5.41, 5.74) is 2.48. The molecule has 0 radical (unpaired) electrons. The second-order valence-corrected chi connectivity index (χ2v) is 6.90. The SMILES string of the molecule is CCc1cc(C(=O)Nc2nnc([C@H](C)Oc3cccc(C)c3C)s2)no1. The fourth-order valence-electron chi connectivity index (χ4n) is 2.29. The van der Waals surface area contributed by atoms with Gasteiger partial charge in [-0.25, -0.2) is 0 Å². The van der Waals surface area contributed by atoms with Gasteiger partial charge in [0, 0.05) is 12.5 Å². The summed E-state index contributed by atoms with van der Waals surface area (Å²) in [6.07, 6.45) is 0.397. The molecule has 2 heterocycles. The molecular weight excluding hydrogens is 352 g/mol. The maximum absolute atomic E-state index is 12.2. The highest BCUT2D eigenvalue weighted by atomic mass is 32.1. The fourth-order valence-corrected chi connectivity index (χ4v) is 3.01. The molecule has 3 aromatic rings. The van der Waals surface area contributed by atoms with Crippen molar-refractivity contribution in [3.8, 4) is 5.75 Å². The van der Waals surface area contributed by atoms with Gasteiger partial charge in [0.25, 0.3) is 5.91 Å². The minimum Gasteiger partial charge on any atom is -0.483 e. The molecule has 1 aromatic carbocycles. The van der Waals surface area contributed by atoms with Crippen molar-refractivity contribution in [3.63, 3.8) is 0 Å². The lowest BCUT2D eigenvalue weighted by atomic mass is 10.1. The van der Waals surface area contributed by atoms with Gasteiger partial charge in [0.15, 0.2) is 10.7 Å². The minimum atomic E-state index is -0.376. The lowest BCUT2D eigenvalue weighted by molar-refractivity contribution is 0.101. The summed E-state index contributed by atoms with van der Waals surface area (Å²) < 4.78 is 11.0. The van der Waals surface area contributed by atoms with E-state index in [-0.39, 0.29) is 17.7 Å². The largest absolute Gasteiger partial charge is 0.483 e. The number of hydrogen-bond acceptors (Lipinski definition) is 7. The summed E-state index contributed by atoms with van der Waals surface area (Å²) in [5, 5.41) is 15.6. The van der Waals surface area contributed by atoms with Gasteiger partial charge in [0.05, 0.1) is 0 Å².